The Kier molecular flexibility index (Phi) is 7.73. The second kappa shape index (κ2) is 13.4. The highest BCUT2D eigenvalue weighted by Crippen LogP contribution is 2.40. The van der Waals surface area contributed by atoms with Gasteiger partial charge in [0.1, 0.15) is 0 Å². The van der Waals surface area contributed by atoms with Gasteiger partial charge >= 0.3 is 0 Å². The van der Waals surface area contributed by atoms with E-state index in [4.69, 9.17) is 9.97 Å². The quantitative estimate of drug-likeness (QED) is 0.172. The first-order valence-corrected chi connectivity index (χ1v) is 19.6. The van der Waals surface area contributed by atoms with Gasteiger partial charge in [-0.3, -0.25) is 0 Å². The molecule has 3 aromatic heterocycles. The Balaban J connectivity index is 1.03. The van der Waals surface area contributed by atoms with Gasteiger partial charge in [-0.15, -0.1) is 0 Å². The molecule has 0 N–H and O–H groups in total. The molecule has 0 saturated carbocycles. The summed E-state index contributed by atoms with van der Waals surface area (Å²) in [6.07, 6.45) is 16.6. The Morgan fingerprint density at radius 2 is 1.18 bits per heavy atom. The van der Waals surface area contributed by atoms with E-state index >= 15 is 0 Å². The Morgan fingerprint density at radius 3 is 1.93 bits per heavy atom. The number of allylic oxidation sites excluding steroid dienone is 5. The first kappa shape index (κ1) is 32.4. The zero-order valence-electron chi connectivity index (χ0n) is 30.9. The minimum atomic E-state index is 0.312. The van der Waals surface area contributed by atoms with Crippen LogP contribution in [0.3, 0.4) is 0 Å². The molecule has 2 aliphatic rings. The number of fused-ring (bicyclic) bond motifs is 6. The standard InChI is InChI=1S/C52H38N4/c1-4-15-35(16-5-1)46-34-47(36-17-6-2-7-18-36)54-52(53-46)39-19-14-22-41(31-39)56-49-26-13-11-24-43(49)45-33-38(28-30-51(45)56)37-27-29-50-44(32-37)42-23-10-12-25-48(42)55(50)40-20-8-3-9-21-40/h1-12,14-20,22-25,27-34,40H,13,21,26H2. The van der Waals surface area contributed by atoms with Crippen LogP contribution in [0.25, 0.3) is 89.5 Å². The number of hydrogen-bond acceptors (Lipinski definition) is 2. The smallest absolute Gasteiger partial charge is 0.160 e. The van der Waals surface area contributed by atoms with Crippen LogP contribution in [-0.2, 0) is 6.42 Å². The van der Waals surface area contributed by atoms with Crippen LogP contribution < -0.4 is 0 Å². The van der Waals surface area contributed by atoms with E-state index in [1.165, 1.54) is 55.1 Å². The molecule has 4 nitrogen and oxygen atoms in total. The SMILES string of the molecule is C1=CCC(n2c3ccccc3c3cc(-c4ccc5c(c4)c4c(n5-c5cccc(-c6nc(-c7ccccc7)cc(-c7ccccc7)n6)c5)CCC=C4)ccc32)C=C1. The van der Waals surface area contributed by atoms with Gasteiger partial charge in [-0.25, -0.2) is 9.97 Å². The lowest BCUT2D eigenvalue weighted by Crippen LogP contribution is -2.06. The molecule has 0 bridgehead atoms. The number of benzene rings is 6. The number of aromatic nitrogens is 4. The van der Waals surface area contributed by atoms with Crippen LogP contribution in [0.2, 0.25) is 0 Å². The Hall–Kier alpha value is -7.04. The predicted octanol–water partition coefficient (Wildman–Crippen LogP) is 13.2. The van der Waals surface area contributed by atoms with E-state index in [0.717, 1.165) is 53.0 Å². The van der Waals surface area contributed by atoms with Crippen molar-refractivity contribution in [2.75, 3.05) is 0 Å². The zero-order chi connectivity index (χ0) is 37.0. The van der Waals surface area contributed by atoms with E-state index in [2.05, 4.69) is 185 Å². The number of rotatable bonds is 6. The lowest BCUT2D eigenvalue weighted by atomic mass is 9.98. The topological polar surface area (TPSA) is 35.6 Å². The maximum absolute atomic E-state index is 5.15. The highest BCUT2D eigenvalue weighted by Gasteiger charge is 2.22. The summed E-state index contributed by atoms with van der Waals surface area (Å²) in [5, 5.41) is 3.87. The Morgan fingerprint density at radius 1 is 0.500 bits per heavy atom. The third kappa shape index (κ3) is 5.45. The second-order valence-electron chi connectivity index (χ2n) is 14.8. The minimum Gasteiger partial charge on any atom is -0.333 e. The fraction of sp³-hybridized carbons (Fsp3) is 0.0769. The molecule has 0 radical (unpaired) electrons. The fourth-order valence-corrected chi connectivity index (χ4v) is 8.87. The van der Waals surface area contributed by atoms with Crippen LogP contribution in [0.1, 0.15) is 30.1 Å². The lowest BCUT2D eigenvalue weighted by molar-refractivity contribution is 0.648. The van der Waals surface area contributed by atoms with Gasteiger partial charge in [0.25, 0.3) is 0 Å². The van der Waals surface area contributed by atoms with Gasteiger partial charge < -0.3 is 9.13 Å². The van der Waals surface area contributed by atoms with Crippen LogP contribution in [-0.4, -0.2) is 19.1 Å². The maximum Gasteiger partial charge on any atom is 0.160 e. The average Bonchev–Trinajstić information content (AvgIpc) is 3.79. The molecule has 1 unspecified atom stereocenters. The van der Waals surface area contributed by atoms with Crippen molar-refractivity contribution in [3.8, 4) is 50.7 Å². The van der Waals surface area contributed by atoms with Gasteiger partial charge in [0.05, 0.1) is 22.9 Å². The van der Waals surface area contributed by atoms with Crippen molar-refractivity contribution in [1.29, 1.82) is 0 Å². The van der Waals surface area contributed by atoms with Crippen LogP contribution in [0.4, 0.5) is 0 Å². The maximum atomic E-state index is 5.15. The predicted molar refractivity (Wildman–Crippen MR) is 233 cm³/mol. The van der Waals surface area contributed by atoms with E-state index in [0.29, 0.717) is 11.9 Å². The summed E-state index contributed by atoms with van der Waals surface area (Å²) in [7, 11) is 0. The summed E-state index contributed by atoms with van der Waals surface area (Å²) in [6, 6.07) is 54.8. The number of para-hydroxylation sites is 1. The molecule has 0 amide bonds. The van der Waals surface area contributed by atoms with Gasteiger partial charge in [-0.2, -0.15) is 0 Å². The Bertz CT molecular complexity index is 2990. The van der Waals surface area contributed by atoms with Gasteiger partial charge in [0.15, 0.2) is 5.82 Å². The normalized spacial score (nSPS) is 14.9. The molecule has 0 spiro atoms. The first-order valence-electron chi connectivity index (χ1n) is 19.6. The highest BCUT2D eigenvalue weighted by molar-refractivity contribution is 6.10. The van der Waals surface area contributed by atoms with Gasteiger partial charge in [0.2, 0.25) is 0 Å². The molecule has 56 heavy (non-hydrogen) atoms. The van der Waals surface area contributed by atoms with Gasteiger partial charge in [-0.05, 0) is 78.9 Å². The first-order chi connectivity index (χ1) is 27.8. The van der Waals surface area contributed by atoms with Gasteiger partial charge in [-0.1, -0.05) is 140 Å². The van der Waals surface area contributed by atoms with Gasteiger partial charge in [0, 0.05) is 60.8 Å². The number of nitrogens with zero attached hydrogens (tertiary/aromatic N) is 4. The van der Waals surface area contributed by atoms with E-state index in [9.17, 15) is 0 Å². The largest absolute Gasteiger partial charge is 0.333 e. The molecule has 0 fully saturated rings. The monoisotopic (exact) mass is 718 g/mol. The molecule has 266 valence electrons. The zero-order valence-corrected chi connectivity index (χ0v) is 30.9. The molecule has 4 heteroatoms. The minimum absolute atomic E-state index is 0.312. The van der Waals surface area contributed by atoms with Crippen LogP contribution in [0.5, 0.6) is 0 Å². The molecule has 11 rings (SSSR count). The van der Waals surface area contributed by atoms with Crippen molar-refractivity contribution in [2.24, 2.45) is 0 Å². The van der Waals surface area contributed by atoms with Crippen molar-refractivity contribution in [3.63, 3.8) is 0 Å². The van der Waals surface area contributed by atoms with Crippen LogP contribution in [0.15, 0.2) is 182 Å². The lowest BCUT2D eigenvalue weighted by Gasteiger charge is -2.18. The van der Waals surface area contributed by atoms with Crippen LogP contribution >= 0.6 is 0 Å². The van der Waals surface area contributed by atoms with Crippen molar-refractivity contribution in [1.82, 2.24) is 19.1 Å². The van der Waals surface area contributed by atoms with E-state index in [1.54, 1.807) is 0 Å². The van der Waals surface area contributed by atoms with Crippen molar-refractivity contribution < 1.29 is 0 Å². The van der Waals surface area contributed by atoms with Crippen LogP contribution in [0, 0.1) is 0 Å². The van der Waals surface area contributed by atoms with Crippen molar-refractivity contribution in [3.05, 3.63) is 193 Å². The summed E-state index contributed by atoms with van der Waals surface area (Å²) in [5.74, 6) is 0.715. The third-order valence-corrected chi connectivity index (χ3v) is 11.5. The molecule has 9 aromatic rings. The number of hydrogen-bond donors (Lipinski definition) is 0. The molecule has 2 aliphatic carbocycles. The molecule has 6 aromatic carbocycles. The second-order valence-corrected chi connectivity index (χ2v) is 14.8. The molecular weight excluding hydrogens is 681 g/mol. The molecule has 3 heterocycles. The summed E-state index contributed by atoms with van der Waals surface area (Å²) >= 11 is 0. The molecule has 0 saturated heterocycles. The highest BCUT2D eigenvalue weighted by atomic mass is 15.0. The molecular formula is C52H38N4. The fourth-order valence-electron chi connectivity index (χ4n) is 8.87. The third-order valence-electron chi connectivity index (χ3n) is 11.5. The van der Waals surface area contributed by atoms with Crippen molar-refractivity contribution in [2.45, 2.75) is 25.3 Å². The average molecular weight is 719 g/mol. The van der Waals surface area contributed by atoms with Crippen molar-refractivity contribution >= 4 is 38.8 Å². The van der Waals surface area contributed by atoms with E-state index < -0.39 is 0 Å². The molecule has 1 atom stereocenters. The summed E-state index contributed by atoms with van der Waals surface area (Å²) in [4.78, 5) is 10.3. The van der Waals surface area contributed by atoms with E-state index in [1.807, 2.05) is 12.1 Å². The summed E-state index contributed by atoms with van der Waals surface area (Å²) < 4.78 is 4.97. The summed E-state index contributed by atoms with van der Waals surface area (Å²) in [5.41, 5.74) is 14.9. The van der Waals surface area contributed by atoms with E-state index in [-0.39, 0.29) is 0 Å². The summed E-state index contributed by atoms with van der Waals surface area (Å²) in [6.45, 7) is 0. The molecule has 0 aliphatic heterocycles. The Labute approximate surface area is 326 Å².